The molecular weight excluding hydrogens is 188 g/mol. The molecule has 0 aliphatic heterocycles. The largest absolute Gasteiger partial charge is 0.353 e. The van der Waals surface area contributed by atoms with Gasteiger partial charge in [0.1, 0.15) is 0 Å². The van der Waals surface area contributed by atoms with E-state index < -0.39 is 0 Å². The summed E-state index contributed by atoms with van der Waals surface area (Å²) in [4.78, 5) is 11.9. The fourth-order valence-corrected chi connectivity index (χ4v) is 2.57. The minimum absolute atomic E-state index is 0.188. The van der Waals surface area contributed by atoms with E-state index in [0.717, 1.165) is 25.7 Å². The molecule has 15 heavy (non-hydrogen) atoms. The van der Waals surface area contributed by atoms with Crippen LogP contribution in [0.2, 0.25) is 0 Å². The molecule has 3 nitrogen and oxygen atoms in total. The van der Waals surface area contributed by atoms with Gasteiger partial charge >= 0.3 is 0 Å². The normalized spacial score (nSPS) is 31.3. The van der Waals surface area contributed by atoms with E-state index in [1.165, 1.54) is 6.42 Å². The summed E-state index contributed by atoms with van der Waals surface area (Å²) < 4.78 is 0. The quantitative estimate of drug-likeness (QED) is 0.740. The van der Waals surface area contributed by atoms with Crippen molar-refractivity contribution in [3.63, 3.8) is 0 Å². The molecule has 2 saturated carbocycles. The van der Waals surface area contributed by atoms with E-state index in [1.54, 1.807) is 0 Å². The van der Waals surface area contributed by atoms with Crippen molar-refractivity contribution in [2.24, 2.45) is 16.6 Å². The Morgan fingerprint density at radius 3 is 2.47 bits per heavy atom. The molecular formula is C12H22N2O. The lowest BCUT2D eigenvalue weighted by Crippen LogP contribution is -2.41. The smallest absolute Gasteiger partial charge is 0.227 e. The fraction of sp³-hybridized carbons (Fsp3) is 0.917. The Bertz CT molecular complexity index is 269. The molecule has 1 atom stereocenters. The van der Waals surface area contributed by atoms with Crippen LogP contribution in [-0.4, -0.2) is 18.5 Å². The van der Waals surface area contributed by atoms with E-state index in [1.807, 2.05) is 0 Å². The average molecular weight is 210 g/mol. The monoisotopic (exact) mass is 210 g/mol. The summed E-state index contributed by atoms with van der Waals surface area (Å²) in [5.41, 5.74) is 5.85. The Morgan fingerprint density at radius 1 is 1.40 bits per heavy atom. The molecule has 0 aromatic heterocycles. The third-order valence-corrected chi connectivity index (χ3v) is 4.03. The van der Waals surface area contributed by atoms with Crippen molar-refractivity contribution in [1.82, 2.24) is 5.32 Å². The minimum atomic E-state index is -0.188. The van der Waals surface area contributed by atoms with Crippen molar-refractivity contribution >= 4 is 5.91 Å². The number of nitrogens with one attached hydrogen (secondary N) is 1. The number of carbonyl (C=O) groups is 1. The highest BCUT2D eigenvalue weighted by Crippen LogP contribution is 2.45. The van der Waals surface area contributed by atoms with Crippen LogP contribution in [0.15, 0.2) is 0 Å². The number of hydrogen-bond donors (Lipinski definition) is 2. The Kier molecular flexibility index (Phi) is 2.53. The van der Waals surface area contributed by atoms with E-state index in [9.17, 15) is 4.79 Å². The van der Waals surface area contributed by atoms with Crippen LogP contribution in [0.4, 0.5) is 0 Å². The van der Waals surface area contributed by atoms with Crippen LogP contribution in [0.1, 0.15) is 46.0 Å². The molecule has 0 aromatic carbocycles. The van der Waals surface area contributed by atoms with Crippen molar-refractivity contribution in [1.29, 1.82) is 0 Å². The third-order valence-electron chi connectivity index (χ3n) is 4.03. The van der Waals surface area contributed by atoms with Crippen LogP contribution in [0.3, 0.4) is 0 Å². The molecule has 86 valence electrons. The van der Waals surface area contributed by atoms with Crippen LogP contribution in [-0.2, 0) is 4.79 Å². The van der Waals surface area contributed by atoms with Gasteiger partial charge in [-0.3, -0.25) is 4.79 Å². The predicted molar refractivity (Wildman–Crippen MR) is 60.3 cm³/mol. The molecule has 2 aliphatic carbocycles. The van der Waals surface area contributed by atoms with Gasteiger partial charge in [0.05, 0.1) is 5.41 Å². The lowest BCUT2D eigenvalue weighted by atomic mass is 9.92. The maximum absolute atomic E-state index is 11.9. The minimum Gasteiger partial charge on any atom is -0.353 e. The summed E-state index contributed by atoms with van der Waals surface area (Å²) in [6.45, 7) is 5.05. The second-order valence-electron chi connectivity index (χ2n) is 6.06. The number of carbonyl (C=O) groups excluding carboxylic acids is 1. The van der Waals surface area contributed by atoms with Crippen LogP contribution in [0, 0.1) is 10.8 Å². The maximum atomic E-state index is 11.9. The molecule has 1 unspecified atom stereocenters. The van der Waals surface area contributed by atoms with Crippen LogP contribution >= 0.6 is 0 Å². The molecule has 3 N–H and O–H groups in total. The Morgan fingerprint density at radius 2 is 2.07 bits per heavy atom. The molecule has 2 rings (SSSR count). The lowest BCUT2D eigenvalue weighted by molar-refractivity contribution is -0.126. The number of nitrogens with two attached hydrogens (primary N) is 1. The summed E-state index contributed by atoms with van der Waals surface area (Å²) in [5.74, 6) is 0.202. The summed E-state index contributed by atoms with van der Waals surface area (Å²) >= 11 is 0. The van der Waals surface area contributed by atoms with Crippen molar-refractivity contribution in [2.45, 2.75) is 52.0 Å². The fourth-order valence-electron chi connectivity index (χ4n) is 2.57. The van der Waals surface area contributed by atoms with Gasteiger partial charge in [-0.2, -0.15) is 0 Å². The Balaban J connectivity index is 1.86. The van der Waals surface area contributed by atoms with Crippen molar-refractivity contribution in [2.75, 3.05) is 6.54 Å². The van der Waals surface area contributed by atoms with E-state index in [2.05, 4.69) is 19.2 Å². The van der Waals surface area contributed by atoms with Gasteiger partial charge in [-0.15, -0.1) is 0 Å². The first-order valence-electron chi connectivity index (χ1n) is 5.99. The summed E-state index contributed by atoms with van der Waals surface area (Å²) in [6.07, 6.45) is 5.41. The van der Waals surface area contributed by atoms with Gasteiger partial charge in [-0.1, -0.05) is 13.8 Å². The van der Waals surface area contributed by atoms with E-state index in [4.69, 9.17) is 5.73 Å². The Hall–Kier alpha value is -0.570. The molecule has 2 aliphatic rings. The predicted octanol–water partition coefficient (Wildman–Crippen LogP) is 1.42. The summed E-state index contributed by atoms with van der Waals surface area (Å²) in [6, 6.07) is 0.386. The van der Waals surface area contributed by atoms with Crippen molar-refractivity contribution in [3.05, 3.63) is 0 Å². The standard InChI is InChI=1S/C12H22N2O/c1-11(2)4-3-9(7-11)14-10(15)12(8-13)5-6-12/h9H,3-8,13H2,1-2H3,(H,14,15). The van der Waals surface area contributed by atoms with Gasteiger partial charge in [0.15, 0.2) is 0 Å². The summed E-state index contributed by atoms with van der Waals surface area (Å²) in [5, 5.41) is 3.17. The maximum Gasteiger partial charge on any atom is 0.227 e. The van der Waals surface area contributed by atoms with E-state index in [-0.39, 0.29) is 11.3 Å². The van der Waals surface area contributed by atoms with Gasteiger partial charge < -0.3 is 11.1 Å². The third kappa shape index (κ3) is 2.17. The molecule has 0 bridgehead atoms. The summed E-state index contributed by atoms with van der Waals surface area (Å²) in [7, 11) is 0. The van der Waals surface area contributed by atoms with Gasteiger partial charge in [-0.05, 0) is 37.5 Å². The zero-order chi connectivity index (χ0) is 11.1. The van der Waals surface area contributed by atoms with Gasteiger partial charge in [0, 0.05) is 12.6 Å². The van der Waals surface area contributed by atoms with Crippen molar-refractivity contribution in [3.8, 4) is 0 Å². The van der Waals surface area contributed by atoms with Crippen LogP contribution in [0.25, 0.3) is 0 Å². The molecule has 1 amide bonds. The molecule has 0 heterocycles. The first-order valence-corrected chi connectivity index (χ1v) is 5.99. The van der Waals surface area contributed by atoms with Crippen LogP contribution in [0.5, 0.6) is 0 Å². The highest BCUT2D eigenvalue weighted by atomic mass is 16.2. The van der Waals surface area contributed by atoms with E-state index in [0.29, 0.717) is 18.0 Å². The molecule has 2 fully saturated rings. The number of hydrogen-bond acceptors (Lipinski definition) is 2. The molecule has 3 heteroatoms. The second kappa shape index (κ2) is 3.48. The number of amides is 1. The van der Waals surface area contributed by atoms with E-state index >= 15 is 0 Å². The van der Waals surface area contributed by atoms with Gasteiger partial charge in [-0.25, -0.2) is 0 Å². The van der Waals surface area contributed by atoms with Crippen molar-refractivity contribution < 1.29 is 4.79 Å². The highest BCUT2D eigenvalue weighted by Gasteiger charge is 2.49. The van der Waals surface area contributed by atoms with Crippen LogP contribution < -0.4 is 11.1 Å². The van der Waals surface area contributed by atoms with Gasteiger partial charge in [0.2, 0.25) is 5.91 Å². The lowest BCUT2D eigenvalue weighted by Gasteiger charge is -2.20. The average Bonchev–Trinajstić information content (AvgIpc) is 2.88. The zero-order valence-electron chi connectivity index (χ0n) is 9.81. The molecule has 0 saturated heterocycles. The SMILES string of the molecule is CC1(C)CCC(NC(=O)C2(CN)CC2)C1. The highest BCUT2D eigenvalue weighted by molar-refractivity contribution is 5.85. The molecule has 0 spiro atoms. The van der Waals surface area contributed by atoms with Gasteiger partial charge in [0.25, 0.3) is 0 Å². The zero-order valence-corrected chi connectivity index (χ0v) is 9.81. The topological polar surface area (TPSA) is 55.1 Å². The first-order chi connectivity index (χ1) is 6.97. The Labute approximate surface area is 91.8 Å². The molecule has 0 radical (unpaired) electrons. The molecule has 0 aromatic rings. The second-order valence-corrected chi connectivity index (χ2v) is 6.06. The number of rotatable bonds is 3. The first kappa shape index (κ1) is 10.9.